The van der Waals surface area contributed by atoms with Gasteiger partial charge in [0.05, 0.1) is 23.2 Å². The number of cyclic esters (lactones) is 1. The lowest BCUT2D eigenvalue weighted by Crippen LogP contribution is -2.15. The monoisotopic (exact) mass is 488 g/mol. The number of halogens is 1. The first-order valence-corrected chi connectivity index (χ1v) is 10.6. The average Bonchev–Trinajstić information content (AvgIpc) is 3.13. The molecule has 0 aromatic heterocycles. The Hall–Kier alpha value is -3.92. The Kier molecular flexibility index (Phi) is 7.85. The molecule has 0 aliphatic carbocycles. The van der Waals surface area contributed by atoms with Crippen LogP contribution in [0.3, 0.4) is 0 Å². The van der Waals surface area contributed by atoms with E-state index in [4.69, 9.17) is 30.5 Å². The predicted molar refractivity (Wildman–Crippen MR) is 123 cm³/mol. The number of aliphatic imine (C=N–C) groups is 1. The van der Waals surface area contributed by atoms with Gasteiger partial charge < -0.3 is 18.9 Å². The standard InChI is InChI=1S/C23H21ClN2O8/c1-4-31-19-11-14(9-16(24)21(19)33-12-20(27)32-5-2)10-17-23(28)34-22(25-17)15-6-7-18(26(29)30)13(3)8-15/h6-11H,4-5,12H2,1-3H3/b17-10-. The van der Waals surface area contributed by atoms with Crippen LogP contribution in [0.2, 0.25) is 5.02 Å². The third kappa shape index (κ3) is 5.70. The SMILES string of the molecule is CCOC(=O)COc1c(Cl)cc(/C=C2\N=C(c3ccc([N+](=O)[O-])c(C)c3)OC2=O)cc1OCC. The first kappa shape index (κ1) is 24.7. The van der Waals surface area contributed by atoms with Gasteiger partial charge in [0.15, 0.2) is 23.8 Å². The van der Waals surface area contributed by atoms with Crippen LogP contribution in [0.1, 0.15) is 30.5 Å². The van der Waals surface area contributed by atoms with Crippen molar-refractivity contribution in [1.29, 1.82) is 0 Å². The summed E-state index contributed by atoms with van der Waals surface area (Å²) in [7, 11) is 0. The number of rotatable bonds is 9. The number of nitrogens with zero attached hydrogens (tertiary/aromatic N) is 2. The Labute approximate surface area is 199 Å². The number of benzene rings is 2. The molecule has 0 radical (unpaired) electrons. The van der Waals surface area contributed by atoms with Crippen molar-refractivity contribution in [2.45, 2.75) is 20.8 Å². The molecule has 34 heavy (non-hydrogen) atoms. The molecule has 1 aliphatic rings. The van der Waals surface area contributed by atoms with Gasteiger partial charge in [0.1, 0.15) is 0 Å². The summed E-state index contributed by atoms with van der Waals surface area (Å²) in [6, 6.07) is 7.41. The van der Waals surface area contributed by atoms with E-state index in [9.17, 15) is 19.7 Å². The van der Waals surface area contributed by atoms with Gasteiger partial charge in [-0.2, -0.15) is 0 Å². The van der Waals surface area contributed by atoms with E-state index in [1.807, 2.05) is 0 Å². The van der Waals surface area contributed by atoms with Gasteiger partial charge in [-0.15, -0.1) is 0 Å². The number of ether oxygens (including phenoxy) is 4. The number of hydrogen-bond donors (Lipinski definition) is 0. The summed E-state index contributed by atoms with van der Waals surface area (Å²) in [5.41, 5.74) is 1.27. The van der Waals surface area contributed by atoms with E-state index in [2.05, 4.69) is 4.99 Å². The van der Waals surface area contributed by atoms with Crippen LogP contribution in [0, 0.1) is 17.0 Å². The third-order valence-electron chi connectivity index (χ3n) is 4.54. The van der Waals surface area contributed by atoms with Gasteiger partial charge in [-0.25, -0.2) is 14.6 Å². The number of esters is 2. The van der Waals surface area contributed by atoms with E-state index in [1.54, 1.807) is 26.8 Å². The topological polar surface area (TPSA) is 127 Å². The molecule has 0 N–H and O–H groups in total. The van der Waals surface area contributed by atoms with Crippen molar-refractivity contribution in [2.24, 2.45) is 4.99 Å². The molecule has 2 aromatic rings. The fraction of sp³-hybridized carbons (Fsp3) is 0.261. The molecule has 0 fully saturated rings. The molecule has 3 rings (SSSR count). The number of aryl methyl sites for hydroxylation is 1. The smallest absolute Gasteiger partial charge is 0.363 e. The molecule has 0 unspecified atom stereocenters. The Bertz CT molecular complexity index is 1210. The molecule has 0 saturated heterocycles. The van der Waals surface area contributed by atoms with Crippen molar-refractivity contribution in [3.8, 4) is 11.5 Å². The number of carbonyl (C=O) groups excluding carboxylic acids is 2. The molecule has 2 aromatic carbocycles. The second-order valence-corrected chi connectivity index (χ2v) is 7.36. The zero-order valence-corrected chi connectivity index (χ0v) is 19.4. The van der Waals surface area contributed by atoms with Crippen LogP contribution in [0.5, 0.6) is 11.5 Å². The summed E-state index contributed by atoms with van der Waals surface area (Å²) in [5, 5.41) is 11.2. The van der Waals surface area contributed by atoms with Crippen molar-refractivity contribution >= 4 is 41.2 Å². The highest BCUT2D eigenvalue weighted by atomic mass is 35.5. The zero-order chi connectivity index (χ0) is 24.8. The van der Waals surface area contributed by atoms with Crippen molar-refractivity contribution < 1.29 is 33.5 Å². The first-order valence-electron chi connectivity index (χ1n) is 10.3. The molecule has 0 bridgehead atoms. The van der Waals surface area contributed by atoms with Gasteiger partial charge in [-0.3, -0.25) is 10.1 Å². The minimum atomic E-state index is -0.692. The average molecular weight is 489 g/mol. The molecule has 1 heterocycles. The second-order valence-electron chi connectivity index (χ2n) is 6.95. The van der Waals surface area contributed by atoms with Crippen LogP contribution < -0.4 is 9.47 Å². The summed E-state index contributed by atoms with van der Waals surface area (Å²) in [4.78, 5) is 38.7. The number of carbonyl (C=O) groups is 2. The van der Waals surface area contributed by atoms with Crippen LogP contribution in [-0.2, 0) is 19.1 Å². The van der Waals surface area contributed by atoms with Gasteiger partial charge in [-0.1, -0.05) is 11.6 Å². The quantitative estimate of drug-likeness (QED) is 0.222. The minimum Gasteiger partial charge on any atom is -0.490 e. The molecular weight excluding hydrogens is 468 g/mol. The molecule has 1 aliphatic heterocycles. The molecule has 0 spiro atoms. The highest BCUT2D eigenvalue weighted by molar-refractivity contribution is 6.32. The summed E-state index contributed by atoms with van der Waals surface area (Å²) in [6.07, 6.45) is 1.46. The van der Waals surface area contributed by atoms with E-state index in [-0.39, 0.29) is 47.0 Å². The first-order chi connectivity index (χ1) is 16.2. The summed E-state index contributed by atoms with van der Waals surface area (Å²) in [5.74, 6) is -0.780. The molecule has 11 heteroatoms. The highest BCUT2D eigenvalue weighted by Crippen LogP contribution is 2.37. The maximum atomic E-state index is 12.4. The Morgan fingerprint density at radius 2 is 1.97 bits per heavy atom. The molecule has 10 nitrogen and oxygen atoms in total. The molecule has 0 saturated carbocycles. The van der Waals surface area contributed by atoms with Gasteiger partial charge in [0.25, 0.3) is 5.69 Å². The maximum Gasteiger partial charge on any atom is 0.363 e. The largest absolute Gasteiger partial charge is 0.490 e. The van der Waals surface area contributed by atoms with Crippen molar-refractivity contribution in [3.05, 3.63) is 67.9 Å². The fourth-order valence-corrected chi connectivity index (χ4v) is 3.37. The van der Waals surface area contributed by atoms with Crippen LogP contribution in [0.25, 0.3) is 6.08 Å². The van der Waals surface area contributed by atoms with Crippen LogP contribution >= 0.6 is 11.6 Å². The third-order valence-corrected chi connectivity index (χ3v) is 4.82. The van der Waals surface area contributed by atoms with E-state index in [1.165, 1.54) is 30.3 Å². The lowest BCUT2D eigenvalue weighted by Gasteiger charge is -2.14. The number of nitro groups is 1. The number of nitro benzene ring substituents is 1. The lowest BCUT2D eigenvalue weighted by molar-refractivity contribution is -0.385. The fourth-order valence-electron chi connectivity index (χ4n) is 3.09. The van der Waals surface area contributed by atoms with Crippen LogP contribution in [-0.4, -0.2) is 42.6 Å². The summed E-state index contributed by atoms with van der Waals surface area (Å²) < 4.78 is 21.1. The van der Waals surface area contributed by atoms with E-state index >= 15 is 0 Å². The van der Waals surface area contributed by atoms with E-state index in [0.29, 0.717) is 23.3 Å². The van der Waals surface area contributed by atoms with Gasteiger partial charge in [0.2, 0.25) is 5.90 Å². The predicted octanol–water partition coefficient (Wildman–Crippen LogP) is 4.24. The lowest BCUT2D eigenvalue weighted by atomic mass is 10.1. The minimum absolute atomic E-state index is 0.00436. The van der Waals surface area contributed by atoms with Gasteiger partial charge >= 0.3 is 11.9 Å². The Morgan fingerprint density at radius 3 is 2.62 bits per heavy atom. The van der Waals surface area contributed by atoms with Crippen molar-refractivity contribution in [3.63, 3.8) is 0 Å². The number of hydrogen-bond acceptors (Lipinski definition) is 9. The second kappa shape index (κ2) is 10.8. The maximum absolute atomic E-state index is 12.4. The van der Waals surface area contributed by atoms with Crippen LogP contribution in [0.4, 0.5) is 5.69 Å². The normalized spacial score (nSPS) is 13.9. The molecule has 0 amide bonds. The molecule has 178 valence electrons. The Balaban J connectivity index is 1.90. The van der Waals surface area contributed by atoms with Crippen molar-refractivity contribution in [1.82, 2.24) is 0 Å². The summed E-state index contributed by atoms with van der Waals surface area (Å²) >= 11 is 6.34. The Morgan fingerprint density at radius 1 is 1.21 bits per heavy atom. The zero-order valence-electron chi connectivity index (χ0n) is 18.6. The van der Waals surface area contributed by atoms with Crippen molar-refractivity contribution in [2.75, 3.05) is 19.8 Å². The van der Waals surface area contributed by atoms with E-state index in [0.717, 1.165) is 0 Å². The van der Waals surface area contributed by atoms with Crippen LogP contribution in [0.15, 0.2) is 41.0 Å². The van der Waals surface area contributed by atoms with E-state index < -0.39 is 16.9 Å². The van der Waals surface area contributed by atoms with Gasteiger partial charge in [-0.05, 0) is 56.7 Å². The van der Waals surface area contributed by atoms with Gasteiger partial charge in [0, 0.05) is 17.2 Å². The highest BCUT2D eigenvalue weighted by Gasteiger charge is 2.26. The summed E-state index contributed by atoms with van der Waals surface area (Å²) in [6.45, 7) is 5.21. The molecular formula is C23H21ClN2O8. The molecule has 0 atom stereocenters.